The van der Waals surface area contributed by atoms with E-state index in [-0.39, 0.29) is 0 Å². The van der Waals surface area contributed by atoms with E-state index >= 15 is 0 Å². The molecule has 0 saturated carbocycles. The van der Waals surface area contributed by atoms with Crippen molar-refractivity contribution < 1.29 is 58.8 Å². The van der Waals surface area contributed by atoms with Crippen molar-refractivity contribution in [1.82, 2.24) is 5.32 Å². The van der Waals surface area contributed by atoms with Crippen molar-refractivity contribution in [3.63, 3.8) is 0 Å². The first kappa shape index (κ1) is 32.8. The quantitative estimate of drug-likeness (QED) is 0.100. The standard InChI is InChI=1S/C24H44N2O12/c1-3-4-5-6-7-8-9-34-23-17(26-13(2)29)19(32)21(15(11-28)37-23)38-24-22(35-12-16(25)30)20(33)18(31)14(10-27)36-24/h14-15,17-24,27-28,31-33H,3-12H2,1-2H3,(H2,25,30)(H,26,29)/t14-,15-,17-,18+,19-,20+,21-,22-,23-,24+/m1/s1. The topological polar surface area (TPSA) is 219 Å². The van der Waals surface area contributed by atoms with Crippen LogP contribution in [0.15, 0.2) is 0 Å². The molecule has 0 aliphatic carbocycles. The minimum atomic E-state index is -1.65. The van der Waals surface area contributed by atoms with Crippen LogP contribution >= 0.6 is 0 Å². The minimum Gasteiger partial charge on any atom is -0.394 e. The van der Waals surface area contributed by atoms with Gasteiger partial charge in [0.25, 0.3) is 0 Å². The Bertz CT molecular complexity index is 716. The van der Waals surface area contributed by atoms with E-state index in [1.165, 1.54) is 6.92 Å². The van der Waals surface area contributed by atoms with Gasteiger partial charge in [-0.25, -0.2) is 0 Å². The van der Waals surface area contributed by atoms with E-state index in [0.717, 1.165) is 38.5 Å². The van der Waals surface area contributed by atoms with E-state index < -0.39 is 93.0 Å². The van der Waals surface area contributed by atoms with Gasteiger partial charge in [0.05, 0.1) is 13.2 Å². The van der Waals surface area contributed by atoms with Crippen LogP contribution in [0.25, 0.3) is 0 Å². The van der Waals surface area contributed by atoms with Crippen LogP contribution < -0.4 is 11.1 Å². The van der Waals surface area contributed by atoms with Crippen LogP contribution in [0, 0.1) is 0 Å². The molecule has 38 heavy (non-hydrogen) atoms. The van der Waals surface area contributed by atoms with Crippen LogP contribution in [0.4, 0.5) is 0 Å². The molecule has 2 saturated heterocycles. The molecule has 8 N–H and O–H groups in total. The van der Waals surface area contributed by atoms with Crippen LogP contribution in [-0.2, 0) is 33.3 Å². The zero-order valence-corrected chi connectivity index (χ0v) is 22.0. The summed E-state index contributed by atoms with van der Waals surface area (Å²) in [5, 5.41) is 54.1. The highest BCUT2D eigenvalue weighted by Gasteiger charge is 2.52. The second-order valence-electron chi connectivity index (χ2n) is 9.63. The first-order valence-electron chi connectivity index (χ1n) is 13.1. The van der Waals surface area contributed by atoms with Gasteiger partial charge in [-0.2, -0.15) is 0 Å². The minimum absolute atomic E-state index is 0.306. The average molecular weight is 553 g/mol. The third kappa shape index (κ3) is 9.33. The second kappa shape index (κ2) is 16.6. The van der Waals surface area contributed by atoms with E-state index in [2.05, 4.69) is 12.2 Å². The third-order valence-corrected chi connectivity index (χ3v) is 6.54. The number of nitrogens with two attached hydrogens (primary N) is 1. The van der Waals surface area contributed by atoms with E-state index in [1.54, 1.807) is 0 Å². The summed E-state index contributed by atoms with van der Waals surface area (Å²) >= 11 is 0. The Labute approximate surface area is 222 Å². The maximum Gasteiger partial charge on any atom is 0.243 e. The maximum absolute atomic E-state index is 11.9. The summed E-state index contributed by atoms with van der Waals surface area (Å²) in [5.74, 6) is -1.33. The Hall–Kier alpha value is -1.46. The number of aliphatic hydroxyl groups excluding tert-OH is 5. The molecule has 2 heterocycles. The molecule has 0 aromatic carbocycles. The van der Waals surface area contributed by atoms with Crippen molar-refractivity contribution in [2.45, 2.75) is 114 Å². The Morgan fingerprint density at radius 3 is 2.08 bits per heavy atom. The van der Waals surface area contributed by atoms with Gasteiger partial charge < -0.3 is 60.3 Å². The van der Waals surface area contributed by atoms with Gasteiger partial charge in [-0.05, 0) is 6.42 Å². The molecule has 0 aromatic heterocycles. The smallest absolute Gasteiger partial charge is 0.243 e. The van der Waals surface area contributed by atoms with Crippen LogP contribution in [0.5, 0.6) is 0 Å². The average Bonchev–Trinajstić information content (AvgIpc) is 2.87. The van der Waals surface area contributed by atoms with Crippen molar-refractivity contribution in [2.24, 2.45) is 5.73 Å². The van der Waals surface area contributed by atoms with Gasteiger partial charge in [0.1, 0.15) is 55.4 Å². The van der Waals surface area contributed by atoms with Crippen molar-refractivity contribution in [2.75, 3.05) is 26.4 Å². The zero-order chi connectivity index (χ0) is 28.2. The molecule has 0 aromatic rings. The number of carbonyl (C=O) groups is 2. The fourth-order valence-corrected chi connectivity index (χ4v) is 4.52. The molecule has 2 rings (SSSR count). The predicted molar refractivity (Wildman–Crippen MR) is 130 cm³/mol. The molecular weight excluding hydrogens is 508 g/mol. The molecule has 2 aliphatic rings. The largest absolute Gasteiger partial charge is 0.394 e. The Morgan fingerprint density at radius 2 is 1.47 bits per heavy atom. The van der Waals surface area contributed by atoms with Crippen LogP contribution in [0.3, 0.4) is 0 Å². The summed E-state index contributed by atoms with van der Waals surface area (Å²) in [6, 6.07) is -1.09. The summed E-state index contributed by atoms with van der Waals surface area (Å²) < 4.78 is 28.4. The fraction of sp³-hybridized carbons (Fsp3) is 0.917. The number of hydrogen-bond donors (Lipinski definition) is 7. The Balaban J connectivity index is 2.15. The van der Waals surface area contributed by atoms with Crippen LogP contribution in [0.1, 0.15) is 52.4 Å². The molecule has 0 spiro atoms. The van der Waals surface area contributed by atoms with Gasteiger partial charge >= 0.3 is 0 Å². The third-order valence-electron chi connectivity index (χ3n) is 6.54. The lowest BCUT2D eigenvalue weighted by Gasteiger charge is -2.47. The molecule has 14 nitrogen and oxygen atoms in total. The number of primary amides is 1. The first-order valence-corrected chi connectivity index (χ1v) is 13.1. The summed E-state index contributed by atoms with van der Waals surface area (Å²) in [6.07, 6.45) is -6.36. The summed E-state index contributed by atoms with van der Waals surface area (Å²) in [6.45, 7) is 1.76. The van der Waals surface area contributed by atoms with Gasteiger partial charge in [0.2, 0.25) is 11.8 Å². The van der Waals surface area contributed by atoms with Gasteiger partial charge in [0.15, 0.2) is 12.6 Å². The molecule has 14 heteroatoms. The Morgan fingerprint density at radius 1 is 0.842 bits per heavy atom. The Kier molecular flexibility index (Phi) is 14.3. The molecular formula is C24H44N2O12. The molecule has 0 radical (unpaired) electrons. The number of aliphatic hydroxyl groups is 5. The number of amides is 2. The molecule has 0 bridgehead atoms. The highest BCUT2D eigenvalue weighted by atomic mass is 16.7. The van der Waals surface area contributed by atoms with Crippen molar-refractivity contribution in [1.29, 1.82) is 0 Å². The number of rotatable bonds is 16. The number of ether oxygens (including phenoxy) is 5. The summed E-state index contributed by atoms with van der Waals surface area (Å²) in [4.78, 5) is 23.1. The van der Waals surface area contributed by atoms with Crippen LogP contribution in [-0.4, -0.2) is 125 Å². The van der Waals surface area contributed by atoms with E-state index in [1.807, 2.05) is 0 Å². The summed E-state index contributed by atoms with van der Waals surface area (Å²) in [5.41, 5.74) is 5.12. The molecule has 10 atom stereocenters. The molecule has 2 fully saturated rings. The number of carbonyl (C=O) groups excluding carboxylic acids is 2. The summed E-state index contributed by atoms with van der Waals surface area (Å²) in [7, 11) is 0. The van der Waals surface area contributed by atoms with Gasteiger partial charge in [-0.1, -0.05) is 39.0 Å². The maximum atomic E-state index is 11.9. The van der Waals surface area contributed by atoms with E-state index in [0.29, 0.717) is 6.61 Å². The lowest BCUT2D eigenvalue weighted by Crippen LogP contribution is -2.67. The molecule has 222 valence electrons. The predicted octanol–water partition coefficient (Wildman–Crippen LogP) is -2.36. The normalized spacial score (nSPS) is 35.7. The zero-order valence-electron chi connectivity index (χ0n) is 22.0. The lowest BCUT2D eigenvalue weighted by atomic mass is 9.95. The number of unbranched alkanes of at least 4 members (excludes halogenated alkanes) is 5. The number of nitrogens with one attached hydrogen (secondary N) is 1. The highest BCUT2D eigenvalue weighted by Crippen LogP contribution is 2.31. The van der Waals surface area contributed by atoms with Crippen LogP contribution in [0.2, 0.25) is 0 Å². The monoisotopic (exact) mass is 552 g/mol. The highest BCUT2D eigenvalue weighted by molar-refractivity contribution is 5.75. The van der Waals surface area contributed by atoms with Gasteiger partial charge in [-0.3, -0.25) is 9.59 Å². The van der Waals surface area contributed by atoms with Crippen molar-refractivity contribution >= 4 is 11.8 Å². The van der Waals surface area contributed by atoms with Crippen molar-refractivity contribution in [3.8, 4) is 0 Å². The molecule has 2 amide bonds. The molecule has 0 unspecified atom stereocenters. The SMILES string of the molecule is CCCCCCCCO[C@@H]1O[C@H](CO)[C@@H](O[C@@H]2O[C@H](CO)[C@H](O)[C@H](O)[C@H]2OCC(N)=O)[C@H](O)[C@H]1NC(C)=O. The van der Waals surface area contributed by atoms with Crippen molar-refractivity contribution in [3.05, 3.63) is 0 Å². The van der Waals surface area contributed by atoms with E-state index in [4.69, 9.17) is 29.4 Å². The second-order valence-corrected chi connectivity index (χ2v) is 9.63. The van der Waals surface area contributed by atoms with Gasteiger partial charge in [-0.15, -0.1) is 0 Å². The number of hydrogen-bond acceptors (Lipinski definition) is 12. The fourth-order valence-electron chi connectivity index (χ4n) is 4.52. The lowest BCUT2D eigenvalue weighted by molar-refractivity contribution is -0.352. The van der Waals surface area contributed by atoms with E-state index in [9.17, 15) is 35.1 Å². The molecule has 2 aliphatic heterocycles. The van der Waals surface area contributed by atoms with Gasteiger partial charge in [0, 0.05) is 13.5 Å². The first-order chi connectivity index (χ1) is 18.1.